The SMILES string of the molecule is CCNCC1(CO)CCCC1. The molecule has 0 bridgehead atoms. The number of nitrogens with one attached hydrogen (secondary N) is 1. The third-order valence-electron chi connectivity index (χ3n) is 2.75. The van der Waals surface area contributed by atoms with Crippen LogP contribution in [0, 0.1) is 5.41 Å². The molecular formula is C9H19NO. The highest BCUT2D eigenvalue weighted by Gasteiger charge is 2.32. The second-order valence-electron chi connectivity index (χ2n) is 3.65. The Morgan fingerprint density at radius 1 is 1.36 bits per heavy atom. The zero-order valence-electron chi connectivity index (χ0n) is 7.40. The third kappa shape index (κ3) is 2.17. The molecule has 0 unspecified atom stereocenters. The van der Waals surface area contributed by atoms with Gasteiger partial charge in [-0.05, 0) is 19.4 Å². The van der Waals surface area contributed by atoms with Crippen molar-refractivity contribution in [3.63, 3.8) is 0 Å². The minimum atomic E-state index is 0.232. The van der Waals surface area contributed by atoms with Crippen LogP contribution >= 0.6 is 0 Å². The van der Waals surface area contributed by atoms with Crippen LogP contribution in [-0.2, 0) is 0 Å². The van der Waals surface area contributed by atoms with Crippen LogP contribution in [-0.4, -0.2) is 24.8 Å². The van der Waals surface area contributed by atoms with E-state index in [0.717, 1.165) is 13.1 Å². The molecule has 11 heavy (non-hydrogen) atoms. The molecule has 0 heterocycles. The summed E-state index contributed by atoms with van der Waals surface area (Å²) in [6.45, 7) is 4.49. The van der Waals surface area contributed by atoms with Gasteiger partial charge in [0.2, 0.25) is 0 Å². The molecule has 1 saturated carbocycles. The number of rotatable bonds is 4. The molecule has 0 aromatic heterocycles. The van der Waals surface area contributed by atoms with Crippen LogP contribution in [0.3, 0.4) is 0 Å². The van der Waals surface area contributed by atoms with Crippen LogP contribution < -0.4 is 5.32 Å². The van der Waals surface area contributed by atoms with E-state index in [1.165, 1.54) is 25.7 Å². The zero-order valence-corrected chi connectivity index (χ0v) is 7.40. The monoisotopic (exact) mass is 157 g/mol. The van der Waals surface area contributed by atoms with E-state index < -0.39 is 0 Å². The normalized spacial score (nSPS) is 22.4. The Labute approximate surface area is 69.0 Å². The highest BCUT2D eigenvalue weighted by atomic mass is 16.3. The fourth-order valence-electron chi connectivity index (χ4n) is 1.91. The summed E-state index contributed by atoms with van der Waals surface area (Å²) >= 11 is 0. The van der Waals surface area contributed by atoms with Crippen molar-refractivity contribution in [2.24, 2.45) is 5.41 Å². The highest BCUT2D eigenvalue weighted by molar-refractivity contribution is 4.85. The lowest BCUT2D eigenvalue weighted by Gasteiger charge is -2.26. The molecule has 0 spiro atoms. The van der Waals surface area contributed by atoms with E-state index in [2.05, 4.69) is 12.2 Å². The molecule has 2 heteroatoms. The van der Waals surface area contributed by atoms with Gasteiger partial charge in [0.05, 0.1) is 0 Å². The molecule has 1 fully saturated rings. The second kappa shape index (κ2) is 4.07. The van der Waals surface area contributed by atoms with E-state index in [0.29, 0.717) is 6.61 Å². The van der Waals surface area contributed by atoms with Gasteiger partial charge in [0.15, 0.2) is 0 Å². The maximum Gasteiger partial charge on any atom is 0.0499 e. The Kier molecular flexibility index (Phi) is 3.34. The summed E-state index contributed by atoms with van der Waals surface area (Å²) in [5.74, 6) is 0. The van der Waals surface area contributed by atoms with E-state index in [9.17, 15) is 5.11 Å². The summed E-state index contributed by atoms with van der Waals surface area (Å²) in [6.07, 6.45) is 5.00. The minimum absolute atomic E-state index is 0.232. The molecule has 1 aliphatic rings. The summed E-state index contributed by atoms with van der Waals surface area (Å²) in [7, 11) is 0. The van der Waals surface area contributed by atoms with Crippen molar-refractivity contribution in [3.05, 3.63) is 0 Å². The first-order valence-electron chi connectivity index (χ1n) is 4.64. The molecule has 66 valence electrons. The van der Waals surface area contributed by atoms with Gasteiger partial charge in [0, 0.05) is 18.6 Å². The molecular weight excluding hydrogens is 138 g/mol. The smallest absolute Gasteiger partial charge is 0.0499 e. The molecule has 0 amide bonds. The van der Waals surface area contributed by atoms with Crippen molar-refractivity contribution in [2.45, 2.75) is 32.6 Å². The Bertz CT molecular complexity index is 108. The number of aliphatic hydroxyl groups is 1. The van der Waals surface area contributed by atoms with Gasteiger partial charge in [0.1, 0.15) is 0 Å². The van der Waals surface area contributed by atoms with Crippen molar-refractivity contribution in [3.8, 4) is 0 Å². The summed E-state index contributed by atoms with van der Waals surface area (Å²) in [5, 5.41) is 12.5. The topological polar surface area (TPSA) is 32.3 Å². The second-order valence-corrected chi connectivity index (χ2v) is 3.65. The van der Waals surface area contributed by atoms with Gasteiger partial charge in [0.25, 0.3) is 0 Å². The van der Waals surface area contributed by atoms with Gasteiger partial charge >= 0.3 is 0 Å². The van der Waals surface area contributed by atoms with Gasteiger partial charge in [-0.3, -0.25) is 0 Å². The predicted molar refractivity (Wildman–Crippen MR) is 46.5 cm³/mol. The lowest BCUT2D eigenvalue weighted by molar-refractivity contribution is 0.129. The van der Waals surface area contributed by atoms with Gasteiger partial charge in [-0.15, -0.1) is 0 Å². The summed E-state index contributed by atoms with van der Waals surface area (Å²) in [6, 6.07) is 0. The molecule has 0 radical (unpaired) electrons. The molecule has 1 aliphatic carbocycles. The van der Waals surface area contributed by atoms with Crippen LogP contribution in [0.25, 0.3) is 0 Å². The van der Waals surface area contributed by atoms with Gasteiger partial charge in [-0.1, -0.05) is 19.8 Å². The fraction of sp³-hybridized carbons (Fsp3) is 1.00. The Balaban J connectivity index is 2.33. The summed E-state index contributed by atoms with van der Waals surface area (Å²) in [4.78, 5) is 0. The molecule has 1 rings (SSSR count). The largest absolute Gasteiger partial charge is 0.396 e. The average molecular weight is 157 g/mol. The van der Waals surface area contributed by atoms with Crippen LogP contribution in [0.15, 0.2) is 0 Å². The van der Waals surface area contributed by atoms with E-state index in [-0.39, 0.29) is 5.41 Å². The lowest BCUT2D eigenvalue weighted by Crippen LogP contribution is -2.34. The molecule has 2 nitrogen and oxygen atoms in total. The maximum absolute atomic E-state index is 9.20. The van der Waals surface area contributed by atoms with E-state index in [1.54, 1.807) is 0 Å². The Hall–Kier alpha value is -0.0800. The van der Waals surface area contributed by atoms with Crippen LogP contribution in [0.5, 0.6) is 0 Å². The highest BCUT2D eigenvalue weighted by Crippen LogP contribution is 2.36. The molecule has 0 aromatic rings. The fourth-order valence-corrected chi connectivity index (χ4v) is 1.91. The van der Waals surface area contributed by atoms with Crippen molar-refractivity contribution in [2.75, 3.05) is 19.7 Å². The van der Waals surface area contributed by atoms with Crippen molar-refractivity contribution in [1.82, 2.24) is 5.32 Å². The molecule has 0 atom stereocenters. The first kappa shape index (κ1) is 9.01. The quantitative estimate of drug-likeness (QED) is 0.641. The van der Waals surface area contributed by atoms with Crippen LogP contribution in [0.2, 0.25) is 0 Å². The van der Waals surface area contributed by atoms with Crippen LogP contribution in [0.1, 0.15) is 32.6 Å². The number of hydrogen-bond donors (Lipinski definition) is 2. The lowest BCUT2D eigenvalue weighted by atomic mass is 9.87. The Morgan fingerprint density at radius 2 is 2.00 bits per heavy atom. The van der Waals surface area contributed by atoms with Gasteiger partial charge in [-0.25, -0.2) is 0 Å². The van der Waals surface area contributed by atoms with Crippen molar-refractivity contribution >= 4 is 0 Å². The predicted octanol–water partition coefficient (Wildman–Crippen LogP) is 1.15. The minimum Gasteiger partial charge on any atom is -0.396 e. The first-order valence-corrected chi connectivity index (χ1v) is 4.64. The molecule has 0 saturated heterocycles. The van der Waals surface area contributed by atoms with E-state index in [1.807, 2.05) is 0 Å². The maximum atomic E-state index is 9.20. The van der Waals surface area contributed by atoms with Gasteiger partial charge in [-0.2, -0.15) is 0 Å². The van der Waals surface area contributed by atoms with E-state index >= 15 is 0 Å². The first-order chi connectivity index (χ1) is 5.33. The molecule has 0 aliphatic heterocycles. The molecule has 0 aromatic carbocycles. The zero-order chi connectivity index (χ0) is 8.16. The van der Waals surface area contributed by atoms with Crippen molar-refractivity contribution < 1.29 is 5.11 Å². The third-order valence-corrected chi connectivity index (χ3v) is 2.75. The summed E-state index contributed by atoms with van der Waals surface area (Å²) < 4.78 is 0. The van der Waals surface area contributed by atoms with Gasteiger partial charge < -0.3 is 10.4 Å². The summed E-state index contributed by atoms with van der Waals surface area (Å²) in [5.41, 5.74) is 0.232. The van der Waals surface area contributed by atoms with Crippen molar-refractivity contribution in [1.29, 1.82) is 0 Å². The van der Waals surface area contributed by atoms with E-state index in [4.69, 9.17) is 0 Å². The number of hydrogen-bond acceptors (Lipinski definition) is 2. The standard InChI is InChI=1S/C9H19NO/c1-2-10-7-9(8-11)5-3-4-6-9/h10-11H,2-8H2,1H3. The average Bonchev–Trinajstić information content (AvgIpc) is 2.50. The number of aliphatic hydroxyl groups excluding tert-OH is 1. The van der Waals surface area contributed by atoms with Crippen LogP contribution in [0.4, 0.5) is 0 Å². The molecule has 2 N–H and O–H groups in total. The Morgan fingerprint density at radius 3 is 2.45 bits per heavy atom.